The van der Waals surface area contributed by atoms with E-state index in [2.05, 4.69) is 20.4 Å². The molecule has 0 saturated heterocycles. The Morgan fingerprint density at radius 1 is 1.12 bits per heavy atom. The van der Waals surface area contributed by atoms with E-state index in [0.29, 0.717) is 30.0 Å². The first-order valence-corrected chi connectivity index (χ1v) is 7.98. The van der Waals surface area contributed by atoms with E-state index in [4.69, 9.17) is 14.0 Å². The number of hydrogen-bond donors (Lipinski definition) is 1. The number of hydrogen-bond acceptors (Lipinski definition) is 7. The smallest absolute Gasteiger partial charge is 0.321 e. The van der Waals surface area contributed by atoms with Gasteiger partial charge in [0.2, 0.25) is 5.88 Å². The van der Waals surface area contributed by atoms with Crippen molar-refractivity contribution in [1.82, 2.24) is 15.1 Å². The molecular weight excluding hydrogens is 320 g/mol. The van der Waals surface area contributed by atoms with Gasteiger partial charge in [0, 0.05) is 24.7 Å². The van der Waals surface area contributed by atoms with E-state index in [1.54, 1.807) is 13.3 Å². The van der Waals surface area contributed by atoms with Crippen LogP contribution in [0.25, 0.3) is 0 Å². The highest BCUT2D eigenvalue weighted by atomic mass is 16.5. The lowest BCUT2D eigenvalue weighted by Crippen LogP contribution is -2.01. The van der Waals surface area contributed by atoms with Gasteiger partial charge in [-0.3, -0.25) is 0 Å². The summed E-state index contributed by atoms with van der Waals surface area (Å²) >= 11 is 0. The molecule has 0 aliphatic rings. The van der Waals surface area contributed by atoms with Gasteiger partial charge < -0.3 is 19.3 Å². The Morgan fingerprint density at radius 3 is 2.56 bits per heavy atom. The summed E-state index contributed by atoms with van der Waals surface area (Å²) < 4.78 is 16.1. The molecule has 0 spiro atoms. The topological polar surface area (TPSA) is 82.3 Å². The highest BCUT2D eigenvalue weighted by molar-refractivity contribution is 5.34. The van der Waals surface area contributed by atoms with Crippen molar-refractivity contribution in [2.45, 2.75) is 26.3 Å². The first-order valence-electron chi connectivity index (χ1n) is 7.98. The van der Waals surface area contributed by atoms with Crippen molar-refractivity contribution in [3.63, 3.8) is 0 Å². The van der Waals surface area contributed by atoms with Crippen molar-refractivity contribution in [1.29, 1.82) is 0 Å². The number of benzene rings is 1. The molecule has 25 heavy (non-hydrogen) atoms. The molecule has 7 heteroatoms. The van der Waals surface area contributed by atoms with Crippen LogP contribution in [0.4, 0.5) is 6.01 Å². The Bertz CT molecular complexity index is 815. The van der Waals surface area contributed by atoms with Gasteiger partial charge in [-0.05, 0) is 35.9 Å². The third kappa shape index (κ3) is 4.47. The summed E-state index contributed by atoms with van der Waals surface area (Å²) in [4.78, 5) is 8.51. The van der Waals surface area contributed by atoms with Gasteiger partial charge in [-0.25, -0.2) is 4.98 Å². The van der Waals surface area contributed by atoms with Crippen LogP contribution in [-0.2, 0) is 6.54 Å². The number of methoxy groups -OCH3 is 1. The Hall–Kier alpha value is -3.09. The van der Waals surface area contributed by atoms with Crippen LogP contribution in [0.15, 0.2) is 47.1 Å². The lowest BCUT2D eigenvalue weighted by Gasteiger charge is -2.07. The van der Waals surface area contributed by atoms with Gasteiger partial charge in [-0.15, -0.1) is 0 Å². The van der Waals surface area contributed by atoms with Gasteiger partial charge in [-0.2, -0.15) is 4.98 Å². The van der Waals surface area contributed by atoms with Crippen LogP contribution in [0.2, 0.25) is 0 Å². The molecule has 1 N–H and O–H groups in total. The third-order valence-corrected chi connectivity index (χ3v) is 3.48. The van der Waals surface area contributed by atoms with Crippen LogP contribution >= 0.6 is 0 Å². The van der Waals surface area contributed by atoms with Gasteiger partial charge in [-0.1, -0.05) is 19.0 Å². The number of ether oxygens (including phenoxy) is 2. The van der Waals surface area contributed by atoms with Crippen molar-refractivity contribution in [3.05, 3.63) is 54.0 Å². The minimum absolute atomic E-state index is 0.227. The van der Waals surface area contributed by atoms with Crippen molar-refractivity contribution in [2.24, 2.45) is 0 Å². The predicted molar refractivity (Wildman–Crippen MR) is 93.0 cm³/mol. The molecule has 7 nitrogen and oxygen atoms in total. The summed E-state index contributed by atoms with van der Waals surface area (Å²) in [6.45, 7) is 4.56. The Balaban J connectivity index is 1.62. The summed E-state index contributed by atoms with van der Waals surface area (Å²) in [5.74, 6) is 2.89. The second-order valence-electron chi connectivity index (χ2n) is 5.75. The van der Waals surface area contributed by atoms with E-state index in [0.717, 1.165) is 11.3 Å². The predicted octanol–water partition coefficient (Wildman–Crippen LogP) is 4.00. The van der Waals surface area contributed by atoms with Crippen LogP contribution in [0, 0.1) is 0 Å². The summed E-state index contributed by atoms with van der Waals surface area (Å²) in [5, 5.41) is 7.02. The molecule has 0 atom stereocenters. The molecule has 0 saturated carbocycles. The number of anilines is 1. The minimum Gasteiger partial charge on any atom is -0.497 e. The fraction of sp³-hybridized carbons (Fsp3) is 0.278. The molecule has 0 bridgehead atoms. The molecule has 0 radical (unpaired) electrons. The van der Waals surface area contributed by atoms with Crippen LogP contribution in [-0.4, -0.2) is 22.2 Å². The monoisotopic (exact) mass is 340 g/mol. The molecule has 0 aliphatic carbocycles. The normalized spacial score (nSPS) is 10.7. The molecule has 130 valence electrons. The maximum atomic E-state index is 5.76. The van der Waals surface area contributed by atoms with Gasteiger partial charge in [0.25, 0.3) is 0 Å². The van der Waals surface area contributed by atoms with Crippen LogP contribution < -0.4 is 14.8 Å². The SMILES string of the molecule is COc1ccc(Oc2cc(CNc3nc(C(C)C)no3)ccn2)cc1. The highest BCUT2D eigenvalue weighted by Gasteiger charge is 2.09. The van der Waals surface area contributed by atoms with Crippen molar-refractivity contribution >= 4 is 6.01 Å². The average molecular weight is 340 g/mol. The van der Waals surface area contributed by atoms with Crippen LogP contribution in [0.5, 0.6) is 17.4 Å². The maximum absolute atomic E-state index is 5.76. The summed E-state index contributed by atoms with van der Waals surface area (Å²) in [6, 6.07) is 11.5. The lowest BCUT2D eigenvalue weighted by atomic mass is 10.2. The van der Waals surface area contributed by atoms with Crippen LogP contribution in [0.1, 0.15) is 31.2 Å². The molecule has 1 aromatic carbocycles. The maximum Gasteiger partial charge on any atom is 0.321 e. The molecule has 3 aromatic rings. The highest BCUT2D eigenvalue weighted by Crippen LogP contribution is 2.23. The van der Waals surface area contributed by atoms with Crippen molar-refractivity contribution in [3.8, 4) is 17.4 Å². The van der Waals surface area contributed by atoms with E-state index in [9.17, 15) is 0 Å². The third-order valence-electron chi connectivity index (χ3n) is 3.48. The fourth-order valence-corrected chi connectivity index (χ4v) is 2.10. The van der Waals surface area contributed by atoms with E-state index < -0.39 is 0 Å². The summed E-state index contributed by atoms with van der Waals surface area (Å²) in [5.41, 5.74) is 0.989. The van der Waals surface area contributed by atoms with E-state index in [1.807, 2.05) is 50.2 Å². The number of nitrogens with zero attached hydrogens (tertiary/aromatic N) is 3. The molecule has 2 heterocycles. The van der Waals surface area contributed by atoms with Gasteiger partial charge >= 0.3 is 6.01 Å². The fourth-order valence-electron chi connectivity index (χ4n) is 2.10. The number of aromatic nitrogens is 3. The van der Waals surface area contributed by atoms with Crippen molar-refractivity contribution < 1.29 is 14.0 Å². The minimum atomic E-state index is 0.227. The number of pyridine rings is 1. The average Bonchev–Trinajstić information content (AvgIpc) is 3.10. The Labute approximate surface area is 146 Å². The zero-order valence-electron chi connectivity index (χ0n) is 14.4. The summed E-state index contributed by atoms with van der Waals surface area (Å²) in [7, 11) is 1.63. The second kappa shape index (κ2) is 7.65. The zero-order valence-corrected chi connectivity index (χ0v) is 14.4. The Morgan fingerprint density at radius 2 is 1.88 bits per heavy atom. The van der Waals surface area contributed by atoms with Gasteiger partial charge in [0.15, 0.2) is 5.82 Å². The standard InChI is InChI=1S/C18H20N4O3/c1-12(2)17-21-18(25-22-17)20-11-13-8-9-19-16(10-13)24-15-6-4-14(23-3)5-7-15/h4-10,12H,11H2,1-3H3,(H,20,21,22). The Kier molecular flexibility index (Phi) is 5.13. The van der Waals surface area contributed by atoms with Crippen LogP contribution in [0.3, 0.4) is 0 Å². The van der Waals surface area contributed by atoms with Gasteiger partial charge in [0.05, 0.1) is 7.11 Å². The molecule has 2 aromatic heterocycles. The molecule has 0 aliphatic heterocycles. The van der Waals surface area contributed by atoms with Gasteiger partial charge in [0.1, 0.15) is 11.5 Å². The summed E-state index contributed by atoms with van der Waals surface area (Å²) in [6.07, 6.45) is 1.70. The zero-order chi connectivity index (χ0) is 17.6. The molecule has 3 rings (SSSR count). The number of rotatable bonds is 7. The molecular formula is C18H20N4O3. The first-order chi connectivity index (χ1) is 12.1. The van der Waals surface area contributed by atoms with Crippen molar-refractivity contribution in [2.75, 3.05) is 12.4 Å². The molecule has 0 fully saturated rings. The lowest BCUT2D eigenvalue weighted by molar-refractivity contribution is 0.412. The molecule has 0 unspecified atom stereocenters. The number of nitrogens with one attached hydrogen (secondary N) is 1. The first kappa shape index (κ1) is 16.8. The largest absolute Gasteiger partial charge is 0.497 e. The van der Waals surface area contributed by atoms with E-state index >= 15 is 0 Å². The van der Waals surface area contributed by atoms with E-state index in [-0.39, 0.29) is 5.92 Å². The van der Waals surface area contributed by atoms with E-state index in [1.165, 1.54) is 0 Å². The molecule has 0 amide bonds. The second-order valence-corrected chi connectivity index (χ2v) is 5.75. The quantitative estimate of drug-likeness (QED) is 0.696.